The van der Waals surface area contributed by atoms with E-state index in [9.17, 15) is 8.42 Å². The standard InChI is InChI=1S/C38H47ClN6O2S/c1-48(46,47)44-24-17-37-35(28-44)38(41-45(37)21-8-18-42-22-15-34(16-23-42)43-19-5-6-20-43)31-13-14-36(39)32(25-31)27-40-33-12-7-11-30(26-33)29-9-3-2-4-10-29/h2-4,7,9-14,25-26,34,40H,5-6,8,15-24,27-28H2,1H3. The van der Waals surface area contributed by atoms with E-state index >= 15 is 0 Å². The number of nitrogens with one attached hydrogen (secondary N) is 1. The fourth-order valence-corrected chi connectivity index (χ4v) is 8.69. The molecule has 4 aromatic rings. The molecule has 0 amide bonds. The maximum atomic E-state index is 12.6. The summed E-state index contributed by atoms with van der Waals surface area (Å²) < 4.78 is 28.9. The van der Waals surface area contributed by atoms with Crippen molar-refractivity contribution in [1.29, 1.82) is 0 Å². The number of aryl methyl sites for hydroxylation is 1. The van der Waals surface area contributed by atoms with Crippen LogP contribution in [-0.4, -0.2) is 83.9 Å². The number of aromatic nitrogens is 2. The van der Waals surface area contributed by atoms with Gasteiger partial charge in [0.15, 0.2) is 0 Å². The molecule has 0 radical (unpaired) electrons. The second kappa shape index (κ2) is 14.7. The summed E-state index contributed by atoms with van der Waals surface area (Å²) in [7, 11) is -3.32. The normalized spacial score (nSPS) is 18.3. The maximum absolute atomic E-state index is 12.6. The summed E-state index contributed by atoms with van der Waals surface area (Å²) in [6, 6.07) is 25.6. The molecule has 3 aliphatic heterocycles. The summed E-state index contributed by atoms with van der Waals surface area (Å²) in [4.78, 5) is 5.32. The molecule has 1 aromatic heterocycles. The molecule has 4 heterocycles. The molecule has 3 aromatic carbocycles. The van der Waals surface area contributed by atoms with Gasteiger partial charge in [-0.25, -0.2) is 8.42 Å². The van der Waals surface area contributed by atoms with E-state index < -0.39 is 10.0 Å². The van der Waals surface area contributed by atoms with E-state index in [0.29, 0.717) is 31.1 Å². The van der Waals surface area contributed by atoms with Crippen molar-refractivity contribution < 1.29 is 8.42 Å². The Hall–Kier alpha value is -3.21. The second-order valence-corrected chi connectivity index (χ2v) is 16.0. The zero-order valence-electron chi connectivity index (χ0n) is 28.0. The van der Waals surface area contributed by atoms with Crippen molar-refractivity contribution in [2.75, 3.05) is 50.8 Å². The summed E-state index contributed by atoms with van der Waals surface area (Å²) in [6.07, 6.45) is 8.25. The van der Waals surface area contributed by atoms with Gasteiger partial charge in [-0.3, -0.25) is 4.68 Å². The predicted molar refractivity (Wildman–Crippen MR) is 196 cm³/mol. The van der Waals surface area contributed by atoms with Crippen LogP contribution in [0.3, 0.4) is 0 Å². The average molecular weight is 687 g/mol. The molecule has 2 saturated heterocycles. The number of fused-ring (bicyclic) bond motifs is 1. The third-order valence-corrected chi connectivity index (χ3v) is 12.0. The molecular formula is C38H47ClN6O2S. The molecule has 1 N–H and O–H groups in total. The topological polar surface area (TPSA) is 73.7 Å². The van der Waals surface area contributed by atoms with Crippen LogP contribution in [0, 0.1) is 0 Å². The van der Waals surface area contributed by atoms with Crippen molar-refractivity contribution >= 4 is 27.3 Å². The Bertz CT molecular complexity index is 1810. The van der Waals surface area contributed by atoms with E-state index in [1.165, 1.54) is 63.7 Å². The highest BCUT2D eigenvalue weighted by molar-refractivity contribution is 7.88. The first-order valence-corrected chi connectivity index (χ1v) is 19.7. The first kappa shape index (κ1) is 33.3. The molecule has 0 unspecified atom stereocenters. The van der Waals surface area contributed by atoms with Gasteiger partial charge in [0.05, 0.1) is 11.9 Å². The Morgan fingerprint density at radius 2 is 1.62 bits per heavy atom. The van der Waals surface area contributed by atoms with Crippen LogP contribution in [0.15, 0.2) is 72.8 Å². The zero-order chi connectivity index (χ0) is 33.1. The lowest BCUT2D eigenvalue weighted by atomic mass is 10.0. The highest BCUT2D eigenvalue weighted by Crippen LogP contribution is 2.34. The van der Waals surface area contributed by atoms with Crippen molar-refractivity contribution in [3.8, 4) is 22.4 Å². The smallest absolute Gasteiger partial charge is 0.211 e. The van der Waals surface area contributed by atoms with Gasteiger partial charge in [-0.1, -0.05) is 60.1 Å². The molecule has 0 bridgehead atoms. The summed E-state index contributed by atoms with van der Waals surface area (Å²) >= 11 is 6.74. The molecular weight excluding hydrogens is 640 g/mol. The third kappa shape index (κ3) is 7.66. The van der Waals surface area contributed by atoms with E-state index in [1.54, 1.807) is 4.31 Å². The van der Waals surface area contributed by atoms with Gasteiger partial charge in [-0.05, 0) is 106 Å². The Morgan fingerprint density at radius 3 is 2.40 bits per heavy atom. The molecule has 10 heteroatoms. The van der Waals surface area contributed by atoms with Crippen LogP contribution in [0.25, 0.3) is 22.4 Å². The SMILES string of the molecule is CS(=O)(=O)N1CCc2c(c(-c3ccc(Cl)c(CNc4cccc(-c5ccccc5)c4)c3)nn2CCCN2CCC(N3CCCC3)CC2)C1. The van der Waals surface area contributed by atoms with Crippen molar-refractivity contribution in [3.05, 3.63) is 94.6 Å². The van der Waals surface area contributed by atoms with Gasteiger partial charge in [0.25, 0.3) is 0 Å². The second-order valence-electron chi connectivity index (χ2n) is 13.6. The predicted octanol–water partition coefficient (Wildman–Crippen LogP) is 6.75. The maximum Gasteiger partial charge on any atom is 0.211 e. The number of halogens is 1. The molecule has 8 nitrogen and oxygen atoms in total. The zero-order valence-corrected chi connectivity index (χ0v) is 29.5. The molecule has 0 aliphatic carbocycles. The number of benzene rings is 3. The van der Waals surface area contributed by atoms with E-state index in [-0.39, 0.29) is 0 Å². The van der Waals surface area contributed by atoms with Crippen molar-refractivity contribution in [2.24, 2.45) is 0 Å². The highest BCUT2D eigenvalue weighted by atomic mass is 35.5. The number of nitrogens with zero attached hydrogens (tertiary/aromatic N) is 5. The van der Waals surface area contributed by atoms with Gasteiger partial charge in [-0.15, -0.1) is 0 Å². The quantitative estimate of drug-likeness (QED) is 0.188. The third-order valence-electron chi connectivity index (χ3n) is 10.4. The number of anilines is 1. The highest BCUT2D eigenvalue weighted by Gasteiger charge is 2.30. The van der Waals surface area contributed by atoms with Gasteiger partial charge in [-0.2, -0.15) is 9.40 Å². The molecule has 48 heavy (non-hydrogen) atoms. The summed E-state index contributed by atoms with van der Waals surface area (Å²) in [6.45, 7) is 8.18. The number of hydrogen-bond acceptors (Lipinski definition) is 6. The lowest BCUT2D eigenvalue weighted by Gasteiger charge is -2.36. The van der Waals surface area contributed by atoms with Crippen LogP contribution in [-0.2, 0) is 36.1 Å². The first-order chi connectivity index (χ1) is 23.3. The minimum Gasteiger partial charge on any atom is -0.381 e. The Balaban J connectivity index is 1.06. The molecule has 3 aliphatic rings. The number of sulfonamides is 1. The number of rotatable bonds is 11. The van der Waals surface area contributed by atoms with E-state index in [4.69, 9.17) is 16.7 Å². The number of likely N-dealkylation sites (tertiary alicyclic amines) is 2. The summed E-state index contributed by atoms with van der Waals surface area (Å²) in [5.41, 5.74) is 8.29. The number of hydrogen-bond donors (Lipinski definition) is 1. The molecule has 0 spiro atoms. The van der Waals surface area contributed by atoms with E-state index in [2.05, 4.69) is 74.4 Å². The van der Waals surface area contributed by atoms with Crippen LogP contribution < -0.4 is 5.32 Å². The van der Waals surface area contributed by atoms with Crippen LogP contribution in [0.1, 0.15) is 48.9 Å². The van der Waals surface area contributed by atoms with E-state index in [0.717, 1.165) is 64.9 Å². The minimum absolute atomic E-state index is 0.343. The van der Waals surface area contributed by atoms with Crippen molar-refractivity contribution in [1.82, 2.24) is 23.9 Å². The molecule has 0 atom stereocenters. The molecule has 7 rings (SSSR count). The van der Waals surface area contributed by atoms with Crippen LogP contribution in [0.5, 0.6) is 0 Å². The Morgan fingerprint density at radius 1 is 0.854 bits per heavy atom. The lowest BCUT2D eigenvalue weighted by Crippen LogP contribution is -2.44. The van der Waals surface area contributed by atoms with Crippen LogP contribution in [0.4, 0.5) is 5.69 Å². The van der Waals surface area contributed by atoms with Gasteiger partial charge in [0.1, 0.15) is 0 Å². The fraction of sp³-hybridized carbons (Fsp3) is 0.447. The monoisotopic (exact) mass is 686 g/mol. The van der Waals surface area contributed by atoms with Gasteiger partial charge in [0.2, 0.25) is 10.0 Å². The summed E-state index contributed by atoms with van der Waals surface area (Å²) in [5, 5.41) is 9.41. The lowest BCUT2D eigenvalue weighted by molar-refractivity contribution is 0.125. The average Bonchev–Trinajstić information content (AvgIpc) is 3.77. The molecule has 0 saturated carbocycles. The minimum atomic E-state index is -3.32. The van der Waals surface area contributed by atoms with Crippen molar-refractivity contribution in [3.63, 3.8) is 0 Å². The molecule has 2 fully saturated rings. The largest absolute Gasteiger partial charge is 0.381 e. The number of piperidine rings is 1. The first-order valence-electron chi connectivity index (χ1n) is 17.5. The fourth-order valence-electron chi connectivity index (χ4n) is 7.72. The van der Waals surface area contributed by atoms with Crippen molar-refractivity contribution in [2.45, 2.75) is 64.2 Å². The van der Waals surface area contributed by atoms with Gasteiger partial charge < -0.3 is 15.1 Å². The Labute approximate surface area is 290 Å². The van der Waals surface area contributed by atoms with E-state index in [1.807, 2.05) is 18.2 Å². The molecule has 254 valence electrons. The Kier molecular flexibility index (Phi) is 10.2. The van der Waals surface area contributed by atoms with Crippen LogP contribution in [0.2, 0.25) is 5.02 Å². The van der Waals surface area contributed by atoms with Crippen LogP contribution >= 0.6 is 11.6 Å². The summed E-state index contributed by atoms with van der Waals surface area (Å²) in [5.74, 6) is 0. The van der Waals surface area contributed by atoms with Gasteiger partial charge in [0, 0.05) is 66.2 Å². The van der Waals surface area contributed by atoms with Gasteiger partial charge >= 0.3 is 0 Å².